The van der Waals surface area contributed by atoms with Crippen LogP contribution in [0, 0.1) is 6.92 Å². The van der Waals surface area contributed by atoms with Crippen LogP contribution in [0.5, 0.6) is 0 Å². The van der Waals surface area contributed by atoms with Crippen LogP contribution in [0.3, 0.4) is 0 Å². The van der Waals surface area contributed by atoms with Crippen LogP contribution < -0.4 is 0 Å². The lowest BCUT2D eigenvalue weighted by Gasteiger charge is -1.99. The fourth-order valence-electron chi connectivity index (χ4n) is 1.04. The first-order valence-corrected chi connectivity index (χ1v) is 4.36. The first-order valence-electron chi connectivity index (χ1n) is 4.36. The van der Waals surface area contributed by atoms with E-state index in [0.29, 0.717) is 17.7 Å². The van der Waals surface area contributed by atoms with E-state index >= 15 is 0 Å². The van der Waals surface area contributed by atoms with Crippen LogP contribution in [-0.2, 0) is 4.79 Å². The quantitative estimate of drug-likeness (QED) is 0.740. The van der Waals surface area contributed by atoms with Gasteiger partial charge in [-0.3, -0.25) is 9.97 Å². The molecule has 0 aromatic carbocycles. The van der Waals surface area contributed by atoms with Crippen molar-refractivity contribution in [3.05, 3.63) is 29.4 Å². The summed E-state index contributed by atoms with van der Waals surface area (Å²) in [5.74, 6) is -0.905. The molecule has 0 bridgehead atoms. The predicted molar refractivity (Wildman–Crippen MR) is 52.7 cm³/mol. The van der Waals surface area contributed by atoms with Crippen LogP contribution in [0.2, 0.25) is 0 Å². The highest BCUT2D eigenvalue weighted by Gasteiger charge is 2.05. The fourth-order valence-corrected chi connectivity index (χ4v) is 1.04. The Balaban J connectivity index is 3.07. The van der Waals surface area contributed by atoms with E-state index in [-0.39, 0.29) is 0 Å². The minimum Gasteiger partial charge on any atom is -0.478 e. The minimum atomic E-state index is -0.905. The number of aliphatic carboxylic acids is 1. The van der Waals surface area contributed by atoms with E-state index in [4.69, 9.17) is 5.11 Å². The lowest BCUT2D eigenvalue weighted by molar-refractivity contribution is -0.132. The lowest BCUT2D eigenvalue weighted by Crippen LogP contribution is -2.00. The number of carboxylic acid groups (broad SMARTS) is 1. The molecular weight excluding hydrogens is 180 g/mol. The summed E-state index contributed by atoms with van der Waals surface area (Å²) in [6.07, 6.45) is 5.17. The maximum absolute atomic E-state index is 10.7. The Kier molecular flexibility index (Phi) is 3.34. The maximum atomic E-state index is 10.7. The average molecular weight is 192 g/mol. The third-order valence-electron chi connectivity index (χ3n) is 1.89. The van der Waals surface area contributed by atoms with Crippen LogP contribution in [0.4, 0.5) is 0 Å². The van der Waals surface area contributed by atoms with Gasteiger partial charge in [0.1, 0.15) is 0 Å². The molecule has 0 radical (unpaired) electrons. The second kappa shape index (κ2) is 4.50. The molecule has 0 unspecified atom stereocenters. The van der Waals surface area contributed by atoms with Gasteiger partial charge in [0.05, 0.1) is 11.4 Å². The normalized spacial score (nSPS) is 11.4. The van der Waals surface area contributed by atoms with Gasteiger partial charge in [-0.15, -0.1) is 0 Å². The van der Waals surface area contributed by atoms with Gasteiger partial charge in [0.15, 0.2) is 0 Å². The molecule has 1 heterocycles. The molecule has 0 fully saturated rings. The largest absolute Gasteiger partial charge is 0.478 e. The SMILES string of the molecule is CC/C(=C\c1nccnc1C)C(=O)O. The first-order chi connectivity index (χ1) is 6.65. The topological polar surface area (TPSA) is 63.1 Å². The van der Waals surface area contributed by atoms with E-state index in [1.54, 1.807) is 32.3 Å². The van der Waals surface area contributed by atoms with Gasteiger partial charge in [-0.1, -0.05) is 6.92 Å². The molecule has 1 rings (SSSR count). The third-order valence-corrected chi connectivity index (χ3v) is 1.89. The molecule has 0 spiro atoms. The molecule has 1 aromatic heterocycles. The predicted octanol–water partition coefficient (Wildman–Crippen LogP) is 1.66. The molecule has 0 aliphatic carbocycles. The van der Waals surface area contributed by atoms with Crippen molar-refractivity contribution < 1.29 is 9.90 Å². The molecule has 0 saturated heterocycles. The van der Waals surface area contributed by atoms with Crippen molar-refractivity contribution in [1.82, 2.24) is 9.97 Å². The zero-order valence-electron chi connectivity index (χ0n) is 8.19. The number of rotatable bonds is 3. The lowest BCUT2D eigenvalue weighted by atomic mass is 10.1. The number of aryl methyl sites for hydroxylation is 1. The molecule has 0 aliphatic rings. The Labute approximate surface area is 82.3 Å². The Morgan fingerprint density at radius 2 is 2.14 bits per heavy atom. The van der Waals surface area contributed by atoms with Gasteiger partial charge in [0, 0.05) is 18.0 Å². The number of carbonyl (C=O) groups is 1. The van der Waals surface area contributed by atoms with Gasteiger partial charge < -0.3 is 5.11 Å². The molecule has 0 atom stereocenters. The van der Waals surface area contributed by atoms with E-state index in [1.807, 2.05) is 0 Å². The molecule has 14 heavy (non-hydrogen) atoms. The summed E-state index contributed by atoms with van der Waals surface area (Å²) in [5, 5.41) is 8.81. The number of carboxylic acids is 1. The molecular formula is C10H12N2O2. The highest BCUT2D eigenvalue weighted by atomic mass is 16.4. The third kappa shape index (κ3) is 2.39. The van der Waals surface area contributed by atoms with Crippen molar-refractivity contribution in [1.29, 1.82) is 0 Å². The molecule has 0 amide bonds. The summed E-state index contributed by atoms with van der Waals surface area (Å²) in [6.45, 7) is 3.60. The van der Waals surface area contributed by atoms with Gasteiger partial charge in [0.25, 0.3) is 0 Å². The van der Waals surface area contributed by atoms with Crippen LogP contribution in [-0.4, -0.2) is 21.0 Å². The van der Waals surface area contributed by atoms with Gasteiger partial charge in [0.2, 0.25) is 0 Å². The molecule has 1 N–H and O–H groups in total. The van der Waals surface area contributed by atoms with Gasteiger partial charge in [-0.2, -0.15) is 0 Å². The summed E-state index contributed by atoms with van der Waals surface area (Å²) in [7, 11) is 0. The van der Waals surface area contributed by atoms with Crippen LogP contribution >= 0.6 is 0 Å². The molecule has 4 nitrogen and oxygen atoms in total. The average Bonchev–Trinajstić information content (AvgIpc) is 2.16. The number of nitrogens with zero attached hydrogens (tertiary/aromatic N) is 2. The summed E-state index contributed by atoms with van der Waals surface area (Å²) in [5.41, 5.74) is 1.69. The molecule has 4 heteroatoms. The maximum Gasteiger partial charge on any atom is 0.331 e. The van der Waals surface area contributed by atoms with Crippen molar-refractivity contribution in [3.8, 4) is 0 Å². The molecule has 0 saturated carbocycles. The van der Waals surface area contributed by atoms with Crippen molar-refractivity contribution in [2.24, 2.45) is 0 Å². The Morgan fingerprint density at radius 1 is 1.50 bits per heavy atom. The smallest absolute Gasteiger partial charge is 0.331 e. The van der Waals surface area contributed by atoms with Gasteiger partial charge in [-0.05, 0) is 19.4 Å². The number of hydrogen-bond acceptors (Lipinski definition) is 3. The van der Waals surface area contributed by atoms with Gasteiger partial charge >= 0.3 is 5.97 Å². The van der Waals surface area contributed by atoms with Crippen LogP contribution in [0.15, 0.2) is 18.0 Å². The van der Waals surface area contributed by atoms with E-state index in [2.05, 4.69) is 9.97 Å². The minimum absolute atomic E-state index is 0.341. The molecule has 1 aromatic rings. The monoisotopic (exact) mass is 192 g/mol. The Morgan fingerprint density at radius 3 is 2.64 bits per heavy atom. The highest BCUT2D eigenvalue weighted by Crippen LogP contribution is 2.09. The summed E-state index contributed by atoms with van der Waals surface area (Å²) in [6, 6.07) is 0. The van der Waals surface area contributed by atoms with Gasteiger partial charge in [-0.25, -0.2) is 4.79 Å². The molecule has 0 aliphatic heterocycles. The Hall–Kier alpha value is -1.71. The summed E-state index contributed by atoms with van der Waals surface area (Å²) >= 11 is 0. The first kappa shape index (κ1) is 10.4. The standard InChI is InChI=1S/C10H12N2O2/c1-3-8(10(13)14)6-9-7(2)11-4-5-12-9/h4-6H,3H2,1-2H3,(H,13,14)/b8-6+. The molecule has 74 valence electrons. The number of hydrogen-bond donors (Lipinski definition) is 1. The van der Waals surface area contributed by atoms with E-state index in [9.17, 15) is 4.79 Å². The zero-order chi connectivity index (χ0) is 10.6. The highest BCUT2D eigenvalue weighted by molar-refractivity contribution is 5.91. The second-order valence-electron chi connectivity index (χ2n) is 2.86. The second-order valence-corrected chi connectivity index (χ2v) is 2.86. The van der Waals surface area contributed by atoms with E-state index in [0.717, 1.165) is 5.69 Å². The fraction of sp³-hybridized carbons (Fsp3) is 0.300. The van der Waals surface area contributed by atoms with E-state index < -0.39 is 5.97 Å². The van der Waals surface area contributed by atoms with Crippen molar-refractivity contribution >= 4 is 12.0 Å². The Bertz CT molecular complexity index is 372. The summed E-state index contributed by atoms with van der Waals surface area (Å²) in [4.78, 5) is 18.8. The zero-order valence-corrected chi connectivity index (χ0v) is 8.19. The summed E-state index contributed by atoms with van der Waals surface area (Å²) < 4.78 is 0. The van der Waals surface area contributed by atoms with Crippen molar-refractivity contribution in [2.45, 2.75) is 20.3 Å². The van der Waals surface area contributed by atoms with E-state index in [1.165, 1.54) is 0 Å². The van der Waals surface area contributed by atoms with Crippen LogP contribution in [0.1, 0.15) is 24.7 Å². The van der Waals surface area contributed by atoms with Crippen molar-refractivity contribution in [2.75, 3.05) is 0 Å². The van der Waals surface area contributed by atoms with Crippen LogP contribution in [0.25, 0.3) is 6.08 Å². The van der Waals surface area contributed by atoms with Crippen molar-refractivity contribution in [3.63, 3.8) is 0 Å². The number of aromatic nitrogens is 2.